The molecule has 0 aliphatic carbocycles. The van der Waals surface area contributed by atoms with Crippen LogP contribution in [0, 0.1) is 0 Å². The standard InChI is InChI=1S/C14H10BrCl2NO2/c15-12-5-10(7-18-19)6-13(17)14(12)20-8-9-1-3-11(16)4-2-9/h1-7,19H,8H2/b18-7-. The molecule has 2 rings (SSSR count). The van der Waals surface area contributed by atoms with Gasteiger partial charge in [-0.1, -0.05) is 40.5 Å². The maximum absolute atomic E-state index is 8.51. The Morgan fingerprint density at radius 2 is 1.90 bits per heavy atom. The zero-order valence-corrected chi connectivity index (χ0v) is 13.3. The molecule has 6 heteroatoms. The Hall–Kier alpha value is -1.23. The first-order valence-electron chi connectivity index (χ1n) is 5.64. The van der Waals surface area contributed by atoms with Crippen LogP contribution >= 0.6 is 39.1 Å². The van der Waals surface area contributed by atoms with Crippen molar-refractivity contribution in [1.82, 2.24) is 0 Å². The highest BCUT2D eigenvalue weighted by Gasteiger charge is 2.09. The second-order valence-corrected chi connectivity index (χ2v) is 5.67. The normalized spacial score (nSPS) is 10.9. The SMILES string of the molecule is O/N=C\c1cc(Cl)c(OCc2ccc(Cl)cc2)c(Br)c1. The lowest BCUT2D eigenvalue weighted by Crippen LogP contribution is -1.97. The minimum atomic E-state index is 0.378. The molecule has 2 aromatic carbocycles. The number of nitrogens with zero attached hydrogens (tertiary/aromatic N) is 1. The van der Waals surface area contributed by atoms with E-state index in [-0.39, 0.29) is 0 Å². The molecule has 0 bridgehead atoms. The van der Waals surface area contributed by atoms with Gasteiger partial charge in [-0.25, -0.2) is 0 Å². The fourth-order valence-electron chi connectivity index (χ4n) is 1.59. The van der Waals surface area contributed by atoms with Crippen LogP contribution in [0.1, 0.15) is 11.1 Å². The van der Waals surface area contributed by atoms with Crippen LogP contribution in [0.25, 0.3) is 0 Å². The summed E-state index contributed by atoms with van der Waals surface area (Å²) in [5.74, 6) is 0.539. The molecule has 0 saturated carbocycles. The van der Waals surface area contributed by atoms with E-state index in [9.17, 15) is 0 Å². The van der Waals surface area contributed by atoms with Crippen molar-refractivity contribution >= 4 is 45.3 Å². The molecular formula is C14H10BrCl2NO2. The van der Waals surface area contributed by atoms with Crippen LogP contribution in [0.15, 0.2) is 46.0 Å². The Balaban J connectivity index is 2.15. The summed E-state index contributed by atoms with van der Waals surface area (Å²) < 4.78 is 6.39. The van der Waals surface area contributed by atoms with Gasteiger partial charge >= 0.3 is 0 Å². The second kappa shape index (κ2) is 6.97. The molecule has 20 heavy (non-hydrogen) atoms. The summed E-state index contributed by atoms with van der Waals surface area (Å²) in [5.41, 5.74) is 1.65. The predicted molar refractivity (Wildman–Crippen MR) is 84.3 cm³/mol. The highest BCUT2D eigenvalue weighted by molar-refractivity contribution is 9.10. The van der Waals surface area contributed by atoms with E-state index in [2.05, 4.69) is 21.1 Å². The molecule has 0 fully saturated rings. The van der Waals surface area contributed by atoms with Gasteiger partial charge in [0.15, 0.2) is 5.75 Å². The van der Waals surface area contributed by atoms with Crippen molar-refractivity contribution in [2.45, 2.75) is 6.61 Å². The van der Waals surface area contributed by atoms with Crippen molar-refractivity contribution in [2.75, 3.05) is 0 Å². The first kappa shape index (κ1) is 15.2. The van der Waals surface area contributed by atoms with E-state index >= 15 is 0 Å². The molecule has 2 aromatic rings. The van der Waals surface area contributed by atoms with E-state index in [1.807, 2.05) is 12.1 Å². The quantitative estimate of drug-likeness (QED) is 0.457. The lowest BCUT2D eigenvalue weighted by molar-refractivity contribution is 0.304. The summed E-state index contributed by atoms with van der Waals surface area (Å²) in [5, 5.41) is 12.6. The first-order valence-corrected chi connectivity index (χ1v) is 7.19. The Morgan fingerprint density at radius 3 is 2.50 bits per heavy atom. The van der Waals surface area contributed by atoms with E-state index in [0.29, 0.717) is 32.4 Å². The average Bonchev–Trinajstić information content (AvgIpc) is 2.40. The van der Waals surface area contributed by atoms with Crippen molar-refractivity contribution in [2.24, 2.45) is 5.16 Å². The fourth-order valence-corrected chi connectivity index (χ4v) is 2.71. The van der Waals surface area contributed by atoms with E-state index in [1.165, 1.54) is 6.21 Å². The second-order valence-electron chi connectivity index (χ2n) is 3.97. The Bertz CT molecular complexity index is 607. The van der Waals surface area contributed by atoms with Gasteiger partial charge in [-0.3, -0.25) is 0 Å². The third kappa shape index (κ3) is 3.88. The van der Waals surface area contributed by atoms with Crippen LogP contribution in [0.4, 0.5) is 0 Å². The largest absolute Gasteiger partial charge is 0.486 e. The number of ether oxygens (including phenoxy) is 1. The van der Waals surface area contributed by atoms with Gasteiger partial charge in [-0.2, -0.15) is 0 Å². The van der Waals surface area contributed by atoms with Gasteiger partial charge in [0.05, 0.1) is 15.7 Å². The summed E-state index contributed by atoms with van der Waals surface area (Å²) in [6.45, 7) is 0.378. The maximum Gasteiger partial charge on any atom is 0.152 e. The van der Waals surface area contributed by atoms with Crippen molar-refractivity contribution in [3.63, 3.8) is 0 Å². The summed E-state index contributed by atoms with van der Waals surface area (Å²) in [7, 11) is 0. The zero-order chi connectivity index (χ0) is 14.5. The molecule has 3 nitrogen and oxygen atoms in total. The highest BCUT2D eigenvalue weighted by Crippen LogP contribution is 2.34. The summed E-state index contributed by atoms with van der Waals surface area (Å²) in [6, 6.07) is 10.8. The first-order chi connectivity index (χ1) is 9.60. The van der Waals surface area contributed by atoms with Crippen molar-refractivity contribution in [1.29, 1.82) is 0 Å². The number of oxime groups is 1. The van der Waals surface area contributed by atoms with E-state index < -0.39 is 0 Å². The van der Waals surface area contributed by atoms with Gasteiger partial charge < -0.3 is 9.94 Å². The third-order valence-electron chi connectivity index (χ3n) is 2.52. The molecule has 0 aromatic heterocycles. The molecule has 0 radical (unpaired) electrons. The molecular weight excluding hydrogens is 365 g/mol. The number of hydrogen-bond donors (Lipinski definition) is 1. The molecule has 1 N–H and O–H groups in total. The van der Waals surface area contributed by atoms with Crippen LogP contribution < -0.4 is 4.74 Å². The Labute approximate surface area is 134 Å². The third-order valence-corrected chi connectivity index (χ3v) is 3.65. The van der Waals surface area contributed by atoms with E-state index in [1.54, 1.807) is 24.3 Å². The van der Waals surface area contributed by atoms with Crippen molar-refractivity contribution < 1.29 is 9.94 Å². The minimum Gasteiger partial charge on any atom is -0.486 e. The van der Waals surface area contributed by atoms with Crippen LogP contribution in [0.5, 0.6) is 5.75 Å². The number of hydrogen-bond acceptors (Lipinski definition) is 3. The molecule has 0 aliphatic rings. The van der Waals surface area contributed by atoms with Gasteiger partial charge in [0.1, 0.15) is 6.61 Å². The average molecular weight is 375 g/mol. The van der Waals surface area contributed by atoms with Gasteiger partial charge in [0, 0.05) is 5.02 Å². The van der Waals surface area contributed by atoms with Gasteiger partial charge in [0.2, 0.25) is 0 Å². The number of halogens is 3. The Morgan fingerprint density at radius 1 is 1.20 bits per heavy atom. The van der Waals surface area contributed by atoms with Crippen LogP contribution in [-0.4, -0.2) is 11.4 Å². The molecule has 0 atom stereocenters. The van der Waals surface area contributed by atoms with Crippen LogP contribution in [-0.2, 0) is 6.61 Å². The summed E-state index contributed by atoms with van der Waals surface area (Å²) in [6.07, 6.45) is 1.29. The van der Waals surface area contributed by atoms with Crippen LogP contribution in [0.3, 0.4) is 0 Å². The van der Waals surface area contributed by atoms with Gasteiger partial charge in [-0.15, -0.1) is 0 Å². The lowest BCUT2D eigenvalue weighted by Gasteiger charge is -2.11. The number of benzene rings is 2. The van der Waals surface area contributed by atoms with E-state index in [0.717, 1.165) is 5.56 Å². The molecule has 0 heterocycles. The zero-order valence-electron chi connectivity index (χ0n) is 10.2. The molecule has 0 aliphatic heterocycles. The lowest BCUT2D eigenvalue weighted by atomic mass is 10.2. The highest BCUT2D eigenvalue weighted by atomic mass is 79.9. The maximum atomic E-state index is 8.51. The fraction of sp³-hybridized carbons (Fsp3) is 0.0714. The molecule has 104 valence electrons. The molecule has 0 amide bonds. The minimum absolute atomic E-state index is 0.378. The summed E-state index contributed by atoms with van der Waals surface area (Å²) >= 11 is 15.3. The monoisotopic (exact) mass is 373 g/mol. The Kier molecular flexibility index (Phi) is 5.29. The predicted octanol–water partition coefficient (Wildman–Crippen LogP) is 5.14. The van der Waals surface area contributed by atoms with Gasteiger partial charge in [-0.05, 0) is 51.3 Å². The smallest absolute Gasteiger partial charge is 0.152 e. The molecule has 0 unspecified atom stereocenters. The summed E-state index contributed by atoms with van der Waals surface area (Å²) in [4.78, 5) is 0. The van der Waals surface area contributed by atoms with E-state index in [4.69, 9.17) is 33.1 Å². The topological polar surface area (TPSA) is 41.8 Å². The molecule has 0 saturated heterocycles. The van der Waals surface area contributed by atoms with Gasteiger partial charge in [0.25, 0.3) is 0 Å². The van der Waals surface area contributed by atoms with Crippen molar-refractivity contribution in [3.05, 3.63) is 62.0 Å². The number of rotatable bonds is 4. The van der Waals surface area contributed by atoms with Crippen LogP contribution in [0.2, 0.25) is 10.0 Å². The van der Waals surface area contributed by atoms with Crippen molar-refractivity contribution in [3.8, 4) is 5.75 Å². The molecule has 0 spiro atoms.